The predicted octanol–water partition coefficient (Wildman–Crippen LogP) is 4.59. The molecule has 0 saturated carbocycles. The SMILES string of the molecule is Cc1ccc([Si](Oc2ccc3c(c2)C(=O)C=CC3=O)(c2ccc(C)cc2)c2ccc(C)cc2)cc1. The zero-order valence-corrected chi connectivity index (χ0v) is 21.0. The molecule has 0 aliphatic heterocycles. The lowest BCUT2D eigenvalue weighted by atomic mass is 9.95. The first kappa shape index (κ1) is 22.8. The van der Waals surface area contributed by atoms with Gasteiger partial charge in [0.15, 0.2) is 11.6 Å². The van der Waals surface area contributed by atoms with Gasteiger partial charge in [-0.1, -0.05) is 89.5 Å². The molecule has 0 unspecified atom stereocenters. The average Bonchev–Trinajstić information content (AvgIpc) is 2.87. The lowest BCUT2D eigenvalue weighted by Crippen LogP contribution is -2.71. The van der Waals surface area contributed by atoms with E-state index in [0.717, 1.165) is 15.6 Å². The Hall–Kier alpha value is -4.02. The molecule has 172 valence electrons. The normalized spacial score (nSPS) is 13.0. The minimum Gasteiger partial charge on any atom is -0.530 e. The van der Waals surface area contributed by atoms with Crippen molar-refractivity contribution in [3.05, 3.63) is 131 Å². The summed E-state index contributed by atoms with van der Waals surface area (Å²) >= 11 is 0. The molecule has 0 bridgehead atoms. The molecule has 4 heteroatoms. The minimum absolute atomic E-state index is 0.162. The standard InChI is InChI=1S/C31H26O3Si/c1-21-4-11-25(12-5-21)35(26-13-6-22(2)7-14-26,27-15-8-23(3)9-16-27)34-24-10-17-28-29(20-24)31(33)19-18-30(28)32/h4-20H,1-3H3. The van der Waals surface area contributed by atoms with Gasteiger partial charge in [-0.05, 0) is 66.7 Å². The Morgan fingerprint density at radius 3 is 1.34 bits per heavy atom. The van der Waals surface area contributed by atoms with Gasteiger partial charge in [0.25, 0.3) is 0 Å². The molecule has 4 aromatic carbocycles. The van der Waals surface area contributed by atoms with Gasteiger partial charge in [-0.25, -0.2) is 0 Å². The van der Waals surface area contributed by atoms with Crippen LogP contribution >= 0.6 is 0 Å². The predicted molar refractivity (Wildman–Crippen MR) is 143 cm³/mol. The second-order valence-electron chi connectivity index (χ2n) is 9.15. The highest BCUT2D eigenvalue weighted by atomic mass is 28.4. The highest BCUT2D eigenvalue weighted by molar-refractivity contribution is 7.07. The zero-order chi connectivity index (χ0) is 24.6. The molecular weight excluding hydrogens is 448 g/mol. The van der Waals surface area contributed by atoms with Crippen LogP contribution in [0.5, 0.6) is 5.75 Å². The van der Waals surface area contributed by atoms with Crippen LogP contribution in [0.1, 0.15) is 37.4 Å². The summed E-state index contributed by atoms with van der Waals surface area (Å²) in [5.41, 5.74) is 4.32. The number of ketones is 2. The van der Waals surface area contributed by atoms with Gasteiger partial charge in [0, 0.05) is 11.1 Å². The van der Waals surface area contributed by atoms with E-state index in [2.05, 4.69) is 93.6 Å². The van der Waals surface area contributed by atoms with Gasteiger partial charge in [0.1, 0.15) is 5.75 Å². The van der Waals surface area contributed by atoms with E-state index in [0.29, 0.717) is 16.9 Å². The lowest BCUT2D eigenvalue weighted by Gasteiger charge is -2.34. The third kappa shape index (κ3) is 4.17. The maximum Gasteiger partial charge on any atom is 0.346 e. The van der Waals surface area contributed by atoms with Crippen molar-refractivity contribution in [2.45, 2.75) is 20.8 Å². The molecule has 0 radical (unpaired) electrons. The van der Waals surface area contributed by atoms with Crippen LogP contribution in [0.2, 0.25) is 0 Å². The quantitative estimate of drug-likeness (QED) is 0.314. The molecule has 0 aromatic heterocycles. The second-order valence-corrected chi connectivity index (χ2v) is 12.4. The van der Waals surface area contributed by atoms with E-state index in [9.17, 15) is 9.59 Å². The number of fused-ring (bicyclic) bond motifs is 1. The molecule has 0 N–H and O–H groups in total. The largest absolute Gasteiger partial charge is 0.530 e. The van der Waals surface area contributed by atoms with Crippen molar-refractivity contribution in [1.82, 2.24) is 0 Å². The highest BCUT2D eigenvalue weighted by Gasteiger charge is 2.44. The monoisotopic (exact) mass is 474 g/mol. The van der Waals surface area contributed by atoms with E-state index in [1.165, 1.54) is 28.8 Å². The Labute approximate surface area is 206 Å². The molecule has 0 amide bonds. The summed E-state index contributed by atoms with van der Waals surface area (Å²) in [6, 6.07) is 30.8. The summed E-state index contributed by atoms with van der Waals surface area (Å²) in [7, 11) is -3.03. The van der Waals surface area contributed by atoms with Crippen LogP contribution in [0.25, 0.3) is 0 Å². The lowest BCUT2D eigenvalue weighted by molar-refractivity contribution is 0.0994. The van der Waals surface area contributed by atoms with Gasteiger partial charge in [0.2, 0.25) is 0 Å². The van der Waals surface area contributed by atoms with Crippen LogP contribution in [0, 0.1) is 20.8 Å². The molecule has 0 fully saturated rings. The Balaban J connectivity index is 1.76. The Morgan fingerprint density at radius 1 is 0.514 bits per heavy atom. The number of benzene rings is 4. The van der Waals surface area contributed by atoms with E-state index in [-0.39, 0.29) is 11.6 Å². The topological polar surface area (TPSA) is 43.4 Å². The van der Waals surface area contributed by atoms with Crippen molar-refractivity contribution in [1.29, 1.82) is 0 Å². The number of hydrogen-bond acceptors (Lipinski definition) is 3. The fourth-order valence-electron chi connectivity index (χ4n) is 4.55. The fraction of sp³-hybridized carbons (Fsp3) is 0.0968. The first-order valence-electron chi connectivity index (χ1n) is 11.7. The van der Waals surface area contributed by atoms with E-state index >= 15 is 0 Å². The Bertz CT molecular complexity index is 1340. The number of rotatable bonds is 5. The van der Waals surface area contributed by atoms with Crippen molar-refractivity contribution in [3.8, 4) is 5.75 Å². The zero-order valence-electron chi connectivity index (χ0n) is 20.0. The van der Waals surface area contributed by atoms with Gasteiger partial charge < -0.3 is 4.43 Å². The van der Waals surface area contributed by atoms with Crippen molar-refractivity contribution >= 4 is 35.4 Å². The molecule has 5 rings (SSSR count). The number of hydrogen-bond donors (Lipinski definition) is 0. The molecular formula is C31H26O3Si. The number of carbonyl (C=O) groups is 2. The summed E-state index contributed by atoms with van der Waals surface area (Å²) in [5, 5.41) is 3.32. The molecule has 0 saturated heterocycles. The van der Waals surface area contributed by atoms with E-state index in [1.54, 1.807) is 12.1 Å². The maximum atomic E-state index is 12.6. The third-order valence-electron chi connectivity index (χ3n) is 6.55. The van der Waals surface area contributed by atoms with Crippen molar-refractivity contribution < 1.29 is 14.0 Å². The average molecular weight is 475 g/mol. The van der Waals surface area contributed by atoms with Gasteiger partial charge >= 0.3 is 8.32 Å². The fourth-order valence-corrected chi connectivity index (χ4v) is 8.30. The molecule has 0 spiro atoms. The Kier molecular flexibility index (Phi) is 5.83. The summed E-state index contributed by atoms with van der Waals surface area (Å²) in [6.07, 6.45) is 2.66. The first-order valence-corrected chi connectivity index (χ1v) is 13.6. The first-order chi connectivity index (χ1) is 16.9. The van der Waals surface area contributed by atoms with Gasteiger partial charge in [-0.3, -0.25) is 9.59 Å². The van der Waals surface area contributed by atoms with E-state index < -0.39 is 8.32 Å². The minimum atomic E-state index is -3.03. The highest BCUT2D eigenvalue weighted by Crippen LogP contribution is 2.25. The third-order valence-corrected chi connectivity index (χ3v) is 10.5. The van der Waals surface area contributed by atoms with E-state index in [4.69, 9.17) is 4.43 Å². The smallest absolute Gasteiger partial charge is 0.346 e. The second kappa shape index (κ2) is 8.97. The number of carbonyl (C=O) groups excluding carboxylic acids is 2. The van der Waals surface area contributed by atoms with Crippen LogP contribution in [0.3, 0.4) is 0 Å². The van der Waals surface area contributed by atoms with Crippen LogP contribution in [-0.4, -0.2) is 19.9 Å². The van der Waals surface area contributed by atoms with Crippen molar-refractivity contribution in [2.75, 3.05) is 0 Å². The van der Waals surface area contributed by atoms with Crippen LogP contribution in [0.4, 0.5) is 0 Å². The van der Waals surface area contributed by atoms with Crippen molar-refractivity contribution in [2.24, 2.45) is 0 Å². The van der Waals surface area contributed by atoms with Crippen molar-refractivity contribution in [3.63, 3.8) is 0 Å². The summed E-state index contributed by atoms with van der Waals surface area (Å²) in [5.74, 6) is 0.233. The molecule has 3 nitrogen and oxygen atoms in total. The van der Waals surface area contributed by atoms with Gasteiger partial charge in [-0.15, -0.1) is 0 Å². The molecule has 1 aliphatic rings. The summed E-state index contributed by atoms with van der Waals surface area (Å²) in [4.78, 5) is 24.9. The van der Waals surface area contributed by atoms with E-state index in [1.807, 2.05) is 6.07 Å². The van der Waals surface area contributed by atoms with Gasteiger partial charge in [0.05, 0.1) is 0 Å². The summed E-state index contributed by atoms with van der Waals surface area (Å²) in [6.45, 7) is 6.22. The molecule has 1 aliphatic carbocycles. The molecule has 4 aromatic rings. The summed E-state index contributed by atoms with van der Waals surface area (Å²) < 4.78 is 7.08. The molecule has 0 heterocycles. The van der Waals surface area contributed by atoms with Crippen LogP contribution in [-0.2, 0) is 0 Å². The van der Waals surface area contributed by atoms with Crippen LogP contribution in [0.15, 0.2) is 103 Å². The number of allylic oxidation sites excluding steroid dienone is 2. The number of aryl methyl sites for hydroxylation is 3. The maximum absolute atomic E-state index is 12.6. The Morgan fingerprint density at radius 2 is 0.914 bits per heavy atom. The molecule has 35 heavy (non-hydrogen) atoms. The molecule has 0 atom stereocenters. The van der Waals surface area contributed by atoms with Crippen LogP contribution < -0.4 is 20.0 Å². The van der Waals surface area contributed by atoms with Gasteiger partial charge in [-0.2, -0.15) is 0 Å².